The Hall–Kier alpha value is -0.600. The molecule has 0 aromatic heterocycles. The second-order valence-corrected chi connectivity index (χ2v) is 5.66. The zero-order chi connectivity index (χ0) is 12.8. The Balaban J connectivity index is 2.41. The molecule has 0 fully saturated rings. The molecular weight excluding hydrogens is 352 g/mol. The normalized spacial score (nSPS) is 11.1. The number of rotatable bonds is 5. The number of alkyl halides is 2. The lowest BCUT2D eigenvalue weighted by Crippen LogP contribution is -2.17. The molecule has 0 saturated heterocycles. The van der Waals surface area contributed by atoms with Crippen molar-refractivity contribution in [2.75, 3.05) is 10.7 Å². The van der Waals surface area contributed by atoms with E-state index in [0.29, 0.717) is 11.8 Å². The topological polar surface area (TPSA) is 0 Å². The lowest BCUT2D eigenvalue weighted by atomic mass is 9.83. The minimum Gasteiger partial charge on any atom is -0.0924 e. The van der Waals surface area contributed by atoms with Crippen molar-refractivity contribution in [1.82, 2.24) is 0 Å². The fourth-order valence-corrected chi connectivity index (χ4v) is 4.10. The molecule has 0 amide bonds. The summed E-state index contributed by atoms with van der Waals surface area (Å²) in [7, 11) is 0. The summed E-state index contributed by atoms with van der Waals surface area (Å²) in [6, 6.07) is 21.5. The second-order valence-electron chi connectivity index (χ2n) is 4.37. The first-order valence-electron chi connectivity index (χ1n) is 6.08. The Kier molecular flexibility index (Phi) is 5.45. The highest BCUT2D eigenvalue weighted by Crippen LogP contribution is 2.34. The van der Waals surface area contributed by atoms with Gasteiger partial charge in [0.05, 0.1) is 0 Å². The van der Waals surface area contributed by atoms with Crippen molar-refractivity contribution >= 4 is 31.9 Å². The number of hydrogen-bond acceptors (Lipinski definition) is 0. The van der Waals surface area contributed by atoms with Crippen molar-refractivity contribution in [3.8, 4) is 0 Å². The summed E-state index contributed by atoms with van der Waals surface area (Å²) in [6.45, 7) is 0. The van der Waals surface area contributed by atoms with Crippen molar-refractivity contribution in [2.24, 2.45) is 5.92 Å². The van der Waals surface area contributed by atoms with E-state index in [1.54, 1.807) is 0 Å². The van der Waals surface area contributed by atoms with Crippen LogP contribution in [0.4, 0.5) is 0 Å². The van der Waals surface area contributed by atoms with Gasteiger partial charge in [-0.1, -0.05) is 92.5 Å². The Morgan fingerprint density at radius 3 is 1.39 bits per heavy atom. The van der Waals surface area contributed by atoms with E-state index in [0.717, 1.165) is 10.7 Å². The molecule has 2 aromatic rings. The van der Waals surface area contributed by atoms with Gasteiger partial charge in [-0.25, -0.2) is 0 Å². The third-order valence-electron chi connectivity index (χ3n) is 3.19. The zero-order valence-electron chi connectivity index (χ0n) is 10.1. The summed E-state index contributed by atoms with van der Waals surface area (Å²) >= 11 is 7.28. The molecule has 0 aliphatic carbocycles. The van der Waals surface area contributed by atoms with Gasteiger partial charge >= 0.3 is 0 Å². The summed E-state index contributed by atoms with van der Waals surface area (Å²) < 4.78 is 0. The van der Waals surface area contributed by atoms with Crippen molar-refractivity contribution in [2.45, 2.75) is 5.92 Å². The van der Waals surface area contributed by atoms with Crippen LogP contribution >= 0.6 is 31.9 Å². The molecule has 0 aliphatic rings. The minimum absolute atomic E-state index is 0.436. The predicted octanol–water partition coefficient (Wildman–Crippen LogP) is 5.22. The van der Waals surface area contributed by atoms with Crippen LogP contribution in [0.15, 0.2) is 60.7 Å². The van der Waals surface area contributed by atoms with Crippen LogP contribution in [0.1, 0.15) is 17.0 Å². The van der Waals surface area contributed by atoms with Gasteiger partial charge in [-0.2, -0.15) is 0 Å². The molecule has 2 aromatic carbocycles. The van der Waals surface area contributed by atoms with Crippen LogP contribution < -0.4 is 0 Å². The highest BCUT2D eigenvalue weighted by molar-refractivity contribution is 9.09. The Bertz CT molecular complexity index is 410. The standard InChI is InChI=1S/C16H16Br2/c17-11-15(12-18)16(13-7-3-1-4-8-13)14-9-5-2-6-10-14/h1-10,15-16H,11-12H2. The van der Waals surface area contributed by atoms with E-state index < -0.39 is 0 Å². The van der Waals surface area contributed by atoms with Gasteiger partial charge in [0.1, 0.15) is 0 Å². The molecule has 0 unspecified atom stereocenters. The first kappa shape index (κ1) is 13.8. The minimum atomic E-state index is 0.436. The lowest BCUT2D eigenvalue weighted by molar-refractivity contribution is 0.589. The van der Waals surface area contributed by atoms with Gasteiger partial charge in [0, 0.05) is 16.6 Å². The quantitative estimate of drug-likeness (QED) is 0.635. The number of halogens is 2. The summed E-state index contributed by atoms with van der Waals surface area (Å²) in [5.74, 6) is 0.987. The van der Waals surface area contributed by atoms with E-state index in [2.05, 4.69) is 92.5 Å². The van der Waals surface area contributed by atoms with Gasteiger partial charge in [-0.15, -0.1) is 0 Å². The van der Waals surface area contributed by atoms with Crippen LogP contribution in [0.2, 0.25) is 0 Å². The molecule has 0 radical (unpaired) electrons. The van der Waals surface area contributed by atoms with Gasteiger partial charge in [-0.3, -0.25) is 0 Å². The van der Waals surface area contributed by atoms with Crippen LogP contribution in [-0.4, -0.2) is 10.7 Å². The third kappa shape index (κ3) is 3.24. The average Bonchev–Trinajstić information content (AvgIpc) is 2.46. The molecule has 0 atom stereocenters. The monoisotopic (exact) mass is 366 g/mol. The van der Waals surface area contributed by atoms with Crippen molar-refractivity contribution in [3.05, 3.63) is 71.8 Å². The van der Waals surface area contributed by atoms with E-state index in [9.17, 15) is 0 Å². The molecule has 0 N–H and O–H groups in total. The van der Waals surface area contributed by atoms with Crippen molar-refractivity contribution in [1.29, 1.82) is 0 Å². The van der Waals surface area contributed by atoms with E-state index in [1.807, 2.05) is 0 Å². The van der Waals surface area contributed by atoms with Gasteiger partial charge in [-0.05, 0) is 17.0 Å². The molecule has 0 saturated carbocycles. The fraction of sp³-hybridized carbons (Fsp3) is 0.250. The van der Waals surface area contributed by atoms with Crippen LogP contribution in [0, 0.1) is 5.92 Å². The summed E-state index contributed by atoms with van der Waals surface area (Å²) in [6.07, 6.45) is 0. The maximum absolute atomic E-state index is 3.64. The molecule has 94 valence electrons. The van der Waals surface area contributed by atoms with Gasteiger partial charge in [0.25, 0.3) is 0 Å². The first-order valence-corrected chi connectivity index (χ1v) is 8.33. The van der Waals surface area contributed by atoms with Crippen molar-refractivity contribution in [3.63, 3.8) is 0 Å². The highest BCUT2D eigenvalue weighted by Gasteiger charge is 2.22. The molecule has 0 spiro atoms. The van der Waals surface area contributed by atoms with E-state index in [1.165, 1.54) is 11.1 Å². The Morgan fingerprint density at radius 1 is 0.667 bits per heavy atom. The van der Waals surface area contributed by atoms with Crippen LogP contribution in [0.5, 0.6) is 0 Å². The van der Waals surface area contributed by atoms with Gasteiger partial charge < -0.3 is 0 Å². The Labute approximate surface area is 126 Å². The maximum Gasteiger partial charge on any atom is 0.0134 e. The molecule has 0 heterocycles. The summed E-state index contributed by atoms with van der Waals surface area (Å²) in [5.41, 5.74) is 2.76. The zero-order valence-corrected chi connectivity index (χ0v) is 13.3. The lowest BCUT2D eigenvalue weighted by Gasteiger charge is -2.25. The van der Waals surface area contributed by atoms with Crippen LogP contribution in [-0.2, 0) is 0 Å². The molecule has 0 aliphatic heterocycles. The number of benzene rings is 2. The molecule has 0 bridgehead atoms. The molecule has 2 heteroatoms. The van der Waals surface area contributed by atoms with Crippen molar-refractivity contribution < 1.29 is 0 Å². The molecular formula is C16H16Br2. The SMILES string of the molecule is BrCC(CBr)C(c1ccccc1)c1ccccc1. The third-order valence-corrected chi connectivity index (χ3v) is 4.85. The molecule has 18 heavy (non-hydrogen) atoms. The molecule has 2 rings (SSSR count). The first-order chi connectivity index (χ1) is 8.86. The smallest absolute Gasteiger partial charge is 0.0134 e. The summed E-state index contributed by atoms with van der Waals surface area (Å²) in [5, 5.41) is 1.99. The van der Waals surface area contributed by atoms with Gasteiger partial charge in [0.2, 0.25) is 0 Å². The van der Waals surface area contributed by atoms with Crippen LogP contribution in [0.25, 0.3) is 0 Å². The Morgan fingerprint density at radius 2 is 1.06 bits per heavy atom. The van der Waals surface area contributed by atoms with Crippen LogP contribution in [0.3, 0.4) is 0 Å². The fourth-order valence-electron chi connectivity index (χ4n) is 2.28. The van der Waals surface area contributed by atoms with E-state index >= 15 is 0 Å². The number of hydrogen-bond donors (Lipinski definition) is 0. The highest BCUT2D eigenvalue weighted by atomic mass is 79.9. The van der Waals surface area contributed by atoms with Gasteiger partial charge in [0.15, 0.2) is 0 Å². The van der Waals surface area contributed by atoms with E-state index in [4.69, 9.17) is 0 Å². The summed E-state index contributed by atoms with van der Waals surface area (Å²) in [4.78, 5) is 0. The second kappa shape index (κ2) is 7.10. The molecule has 0 nitrogen and oxygen atoms in total. The average molecular weight is 368 g/mol. The predicted molar refractivity (Wildman–Crippen MR) is 85.8 cm³/mol. The van der Waals surface area contributed by atoms with E-state index in [-0.39, 0.29) is 0 Å². The maximum atomic E-state index is 3.64. The largest absolute Gasteiger partial charge is 0.0924 e.